The van der Waals surface area contributed by atoms with Gasteiger partial charge >= 0.3 is 0 Å². The Morgan fingerprint density at radius 1 is 1.14 bits per heavy atom. The van der Waals surface area contributed by atoms with E-state index in [9.17, 15) is 8.42 Å². The third-order valence-electron chi connectivity index (χ3n) is 6.75. The molecule has 3 heterocycles. The summed E-state index contributed by atoms with van der Waals surface area (Å²) < 4.78 is 28.0. The fraction of sp³-hybridized carbons (Fsp3) is 0.320. The van der Waals surface area contributed by atoms with Gasteiger partial charge in [-0.25, -0.2) is 12.7 Å². The summed E-state index contributed by atoms with van der Waals surface area (Å²) in [5.41, 5.74) is 17.0. The van der Waals surface area contributed by atoms with Crippen molar-refractivity contribution in [3.8, 4) is 11.1 Å². The minimum Gasteiger partial charge on any atom is -0.389 e. The van der Waals surface area contributed by atoms with Crippen LogP contribution in [0.25, 0.3) is 22.0 Å². The van der Waals surface area contributed by atoms with Crippen LogP contribution in [0.2, 0.25) is 0 Å². The molecule has 1 aliphatic heterocycles. The maximum Gasteiger partial charge on any atom is 0.211 e. The fourth-order valence-corrected chi connectivity index (χ4v) is 6.51. The van der Waals surface area contributed by atoms with Crippen molar-refractivity contribution in [3.63, 3.8) is 0 Å². The lowest BCUT2D eigenvalue weighted by Crippen LogP contribution is -2.38. The molecular formula is C25H28N6O2S3. The van der Waals surface area contributed by atoms with Gasteiger partial charge in [0.05, 0.1) is 6.26 Å². The first kappa shape index (κ1) is 24.8. The number of aryl methyl sites for hydroxylation is 2. The molecule has 4 aromatic rings. The van der Waals surface area contributed by atoms with Crippen molar-refractivity contribution < 1.29 is 8.42 Å². The van der Waals surface area contributed by atoms with Gasteiger partial charge in [0.2, 0.25) is 15.2 Å². The molecule has 4 N–H and O–H groups in total. The second-order valence-corrected chi connectivity index (χ2v) is 12.7. The van der Waals surface area contributed by atoms with Crippen LogP contribution in [0.1, 0.15) is 35.0 Å². The number of anilines is 1. The maximum absolute atomic E-state index is 12.0. The van der Waals surface area contributed by atoms with Gasteiger partial charge in [-0.05, 0) is 42.5 Å². The van der Waals surface area contributed by atoms with Crippen molar-refractivity contribution >= 4 is 54.6 Å². The number of thiocarbonyl (C=S) groups is 1. The van der Waals surface area contributed by atoms with Crippen molar-refractivity contribution in [2.24, 2.45) is 5.73 Å². The van der Waals surface area contributed by atoms with Crippen molar-refractivity contribution in [1.29, 1.82) is 0 Å². The quantitative estimate of drug-likeness (QED) is 0.343. The Bertz CT molecular complexity index is 1530. The van der Waals surface area contributed by atoms with Gasteiger partial charge in [-0.2, -0.15) is 0 Å². The Balaban J connectivity index is 1.53. The van der Waals surface area contributed by atoms with Crippen LogP contribution in [0.3, 0.4) is 0 Å². The number of rotatable bonds is 7. The summed E-state index contributed by atoms with van der Waals surface area (Å²) in [4.78, 5) is 0.369. The maximum atomic E-state index is 12.0. The van der Waals surface area contributed by atoms with Gasteiger partial charge in [0, 0.05) is 53.8 Å². The molecule has 0 atom stereocenters. The molecule has 8 nitrogen and oxygen atoms in total. The average Bonchev–Trinajstić information content (AvgIpc) is 3.45. The van der Waals surface area contributed by atoms with Crippen LogP contribution in [-0.2, 0) is 22.9 Å². The summed E-state index contributed by atoms with van der Waals surface area (Å²) in [5.74, 6) is 0. The van der Waals surface area contributed by atoms with Crippen LogP contribution in [-0.4, -0.2) is 51.8 Å². The average molecular weight is 541 g/mol. The zero-order chi connectivity index (χ0) is 25.4. The van der Waals surface area contributed by atoms with E-state index >= 15 is 0 Å². The number of sulfonamides is 1. The largest absolute Gasteiger partial charge is 0.389 e. The van der Waals surface area contributed by atoms with Gasteiger partial charge < -0.3 is 16.0 Å². The van der Waals surface area contributed by atoms with Crippen LogP contribution in [0.15, 0.2) is 48.7 Å². The standard InChI is InChI=1S/C25H28N6O2S3/c1-36(32,33)30-11-9-19(10-12-30)31-15-21(17-3-2-4-18(14-17)24(26)34)20-7-5-16(13-22(20)31)6-8-23-28-29-25(27)35-23/h2-5,7,13-15,19H,6,8-12H2,1H3,(H2,26,34)(H2,27,29). The van der Waals surface area contributed by atoms with Gasteiger partial charge in [-0.1, -0.05) is 53.9 Å². The number of nitrogens with zero attached hydrogens (tertiary/aromatic N) is 4. The van der Waals surface area contributed by atoms with E-state index in [4.69, 9.17) is 23.7 Å². The highest BCUT2D eigenvalue weighted by atomic mass is 32.2. The monoisotopic (exact) mass is 540 g/mol. The highest BCUT2D eigenvalue weighted by molar-refractivity contribution is 7.88. The number of hydrogen-bond donors (Lipinski definition) is 2. The first-order valence-corrected chi connectivity index (χ1v) is 14.8. The molecule has 188 valence electrons. The van der Waals surface area contributed by atoms with E-state index in [2.05, 4.69) is 45.2 Å². The predicted molar refractivity (Wildman–Crippen MR) is 150 cm³/mol. The van der Waals surface area contributed by atoms with E-state index in [0.29, 0.717) is 23.2 Å². The fourth-order valence-electron chi connectivity index (χ4n) is 4.90. The summed E-state index contributed by atoms with van der Waals surface area (Å²) in [6, 6.07) is 14.8. The van der Waals surface area contributed by atoms with Crippen molar-refractivity contribution in [3.05, 3.63) is 64.8 Å². The van der Waals surface area contributed by atoms with Crippen LogP contribution >= 0.6 is 23.6 Å². The van der Waals surface area contributed by atoms with E-state index in [1.54, 1.807) is 4.31 Å². The molecule has 0 amide bonds. The molecule has 0 bridgehead atoms. The first-order chi connectivity index (χ1) is 17.2. The molecule has 36 heavy (non-hydrogen) atoms. The number of nitrogen functional groups attached to an aromatic ring is 1. The number of nitrogens with two attached hydrogens (primary N) is 2. The Labute approximate surface area is 220 Å². The summed E-state index contributed by atoms with van der Waals surface area (Å²) in [6.07, 6.45) is 6.60. The number of benzene rings is 2. The molecule has 0 unspecified atom stereocenters. The zero-order valence-electron chi connectivity index (χ0n) is 19.9. The second-order valence-electron chi connectivity index (χ2n) is 9.17. The number of hydrogen-bond acceptors (Lipinski definition) is 7. The number of fused-ring (bicyclic) bond motifs is 1. The van der Waals surface area contributed by atoms with Crippen LogP contribution in [0, 0.1) is 0 Å². The molecule has 11 heteroatoms. The Kier molecular flexibility index (Phi) is 6.82. The second kappa shape index (κ2) is 9.89. The molecule has 1 saturated heterocycles. The molecule has 5 rings (SSSR count). The van der Waals surface area contributed by atoms with E-state index < -0.39 is 10.0 Å². The van der Waals surface area contributed by atoms with Crippen molar-refractivity contribution in [1.82, 2.24) is 19.1 Å². The Morgan fingerprint density at radius 2 is 1.92 bits per heavy atom. The lowest BCUT2D eigenvalue weighted by Gasteiger charge is -2.31. The normalized spacial score (nSPS) is 15.5. The molecular weight excluding hydrogens is 513 g/mol. The molecule has 0 spiro atoms. The van der Waals surface area contributed by atoms with Crippen molar-refractivity contribution in [2.75, 3.05) is 25.1 Å². The van der Waals surface area contributed by atoms with E-state index in [-0.39, 0.29) is 6.04 Å². The first-order valence-electron chi connectivity index (χ1n) is 11.8. The van der Waals surface area contributed by atoms with E-state index in [0.717, 1.165) is 58.3 Å². The number of aromatic nitrogens is 3. The smallest absolute Gasteiger partial charge is 0.211 e. The van der Waals surface area contributed by atoms with Crippen LogP contribution in [0.4, 0.5) is 5.13 Å². The van der Waals surface area contributed by atoms with E-state index in [1.165, 1.54) is 23.2 Å². The highest BCUT2D eigenvalue weighted by Gasteiger charge is 2.27. The molecule has 1 aliphatic rings. The minimum atomic E-state index is -3.18. The third-order valence-corrected chi connectivity index (χ3v) is 9.10. The molecule has 2 aromatic carbocycles. The van der Waals surface area contributed by atoms with E-state index in [1.807, 2.05) is 18.2 Å². The summed E-state index contributed by atoms with van der Waals surface area (Å²) in [6.45, 7) is 1.04. The summed E-state index contributed by atoms with van der Waals surface area (Å²) in [7, 11) is -3.18. The predicted octanol–water partition coefficient (Wildman–Crippen LogP) is 3.76. The summed E-state index contributed by atoms with van der Waals surface area (Å²) in [5, 5.41) is 10.6. The summed E-state index contributed by atoms with van der Waals surface area (Å²) >= 11 is 6.63. The topological polar surface area (TPSA) is 120 Å². The molecule has 0 saturated carbocycles. The van der Waals surface area contributed by atoms with Gasteiger partial charge in [0.1, 0.15) is 10.00 Å². The molecule has 0 radical (unpaired) electrons. The zero-order valence-corrected chi connectivity index (χ0v) is 22.4. The van der Waals surface area contributed by atoms with Gasteiger partial charge in [-0.3, -0.25) is 0 Å². The van der Waals surface area contributed by atoms with Gasteiger partial charge in [0.15, 0.2) is 0 Å². The SMILES string of the molecule is CS(=O)(=O)N1CCC(n2cc(-c3cccc(C(N)=S)c3)c3ccc(CCc4nnc(N)s4)cc32)CC1. The highest BCUT2D eigenvalue weighted by Crippen LogP contribution is 2.36. The van der Waals surface area contributed by atoms with Crippen LogP contribution in [0.5, 0.6) is 0 Å². The third kappa shape index (κ3) is 5.15. The molecule has 1 fully saturated rings. The van der Waals surface area contributed by atoms with Crippen molar-refractivity contribution in [2.45, 2.75) is 31.7 Å². The molecule has 0 aliphatic carbocycles. The lowest BCUT2D eigenvalue weighted by atomic mass is 10.0. The Morgan fingerprint density at radius 3 is 2.58 bits per heavy atom. The molecule has 2 aromatic heterocycles. The van der Waals surface area contributed by atoms with Gasteiger partial charge in [-0.15, -0.1) is 10.2 Å². The Hall–Kier alpha value is -2.86. The minimum absolute atomic E-state index is 0.205. The lowest BCUT2D eigenvalue weighted by molar-refractivity contribution is 0.279. The van der Waals surface area contributed by atoms with Crippen LogP contribution < -0.4 is 11.5 Å². The number of piperidine rings is 1. The van der Waals surface area contributed by atoms with Gasteiger partial charge in [0.25, 0.3) is 0 Å².